The van der Waals surface area contributed by atoms with Crippen molar-refractivity contribution in [2.75, 3.05) is 13.1 Å². The Labute approximate surface area is 81.5 Å². The van der Waals surface area contributed by atoms with Gasteiger partial charge in [-0.25, -0.2) is 0 Å². The molecule has 0 heterocycles. The average molecular weight is 182 g/mol. The Morgan fingerprint density at radius 2 is 2.00 bits per heavy atom. The van der Waals surface area contributed by atoms with Crippen LogP contribution in [0.25, 0.3) is 0 Å². The molecule has 2 aliphatic rings. The first-order chi connectivity index (χ1) is 6.36. The zero-order chi connectivity index (χ0) is 9.26. The lowest BCUT2D eigenvalue weighted by Crippen LogP contribution is -2.41. The summed E-state index contributed by atoms with van der Waals surface area (Å²) in [6.07, 6.45) is 7.02. The van der Waals surface area contributed by atoms with E-state index in [4.69, 9.17) is 5.73 Å². The lowest BCUT2D eigenvalue weighted by Gasteiger charge is -2.31. The van der Waals surface area contributed by atoms with Crippen LogP contribution in [0.2, 0.25) is 0 Å². The van der Waals surface area contributed by atoms with E-state index in [1.807, 2.05) is 0 Å². The Bertz CT molecular complexity index is 165. The van der Waals surface area contributed by atoms with Crippen LogP contribution >= 0.6 is 0 Å². The minimum atomic E-state index is 0.792. The summed E-state index contributed by atoms with van der Waals surface area (Å²) in [6, 6.07) is 1.74. The highest BCUT2D eigenvalue weighted by Gasteiger charge is 2.37. The Morgan fingerprint density at radius 3 is 2.54 bits per heavy atom. The van der Waals surface area contributed by atoms with Gasteiger partial charge in [0.2, 0.25) is 0 Å². The Hall–Kier alpha value is -0.0800. The van der Waals surface area contributed by atoms with Crippen molar-refractivity contribution in [3.63, 3.8) is 0 Å². The Morgan fingerprint density at radius 1 is 1.23 bits per heavy atom. The summed E-state index contributed by atoms with van der Waals surface area (Å²) in [4.78, 5) is 2.71. The number of hydrogen-bond acceptors (Lipinski definition) is 2. The van der Waals surface area contributed by atoms with Crippen LogP contribution in [0.5, 0.6) is 0 Å². The first-order valence-electron chi connectivity index (χ1n) is 5.82. The molecule has 2 N–H and O–H groups in total. The van der Waals surface area contributed by atoms with E-state index >= 15 is 0 Å². The van der Waals surface area contributed by atoms with Crippen molar-refractivity contribution >= 4 is 0 Å². The molecule has 0 aromatic heterocycles. The third-order valence-corrected chi connectivity index (χ3v) is 3.73. The zero-order valence-corrected chi connectivity index (χ0v) is 8.71. The molecule has 2 saturated carbocycles. The van der Waals surface area contributed by atoms with Crippen LogP contribution in [0.3, 0.4) is 0 Å². The summed E-state index contributed by atoms with van der Waals surface area (Å²) in [6.45, 7) is 4.42. The average Bonchev–Trinajstić information content (AvgIpc) is 2.86. The fourth-order valence-electron chi connectivity index (χ4n) is 2.90. The fraction of sp³-hybridized carbons (Fsp3) is 1.00. The van der Waals surface area contributed by atoms with Gasteiger partial charge in [0.1, 0.15) is 0 Å². The van der Waals surface area contributed by atoms with Gasteiger partial charge in [-0.05, 0) is 44.7 Å². The molecular weight excluding hydrogens is 160 g/mol. The molecule has 2 nitrogen and oxygen atoms in total. The molecule has 0 radical (unpaired) electrons. The molecule has 0 bridgehead atoms. The molecule has 2 unspecified atom stereocenters. The quantitative estimate of drug-likeness (QED) is 0.715. The molecule has 2 fully saturated rings. The zero-order valence-electron chi connectivity index (χ0n) is 8.71. The minimum Gasteiger partial charge on any atom is -0.330 e. The van der Waals surface area contributed by atoms with Crippen LogP contribution in [0.1, 0.15) is 39.0 Å². The second-order valence-corrected chi connectivity index (χ2v) is 4.56. The Kier molecular flexibility index (Phi) is 2.89. The minimum absolute atomic E-state index is 0.792. The van der Waals surface area contributed by atoms with Crippen LogP contribution in [-0.2, 0) is 0 Å². The van der Waals surface area contributed by atoms with Gasteiger partial charge in [-0.1, -0.05) is 13.3 Å². The lowest BCUT2D eigenvalue weighted by atomic mass is 10.0. The fourth-order valence-corrected chi connectivity index (χ4v) is 2.90. The van der Waals surface area contributed by atoms with Crippen molar-refractivity contribution in [2.24, 2.45) is 11.7 Å². The standard InChI is InChI=1S/C11H22N2/c1-2-13(10-6-7-10)11-5-3-4-9(11)8-12/h9-11H,2-8,12H2,1H3. The van der Waals surface area contributed by atoms with E-state index in [0.717, 1.165) is 24.5 Å². The molecule has 13 heavy (non-hydrogen) atoms. The summed E-state index contributed by atoms with van der Waals surface area (Å²) < 4.78 is 0. The summed E-state index contributed by atoms with van der Waals surface area (Å²) in [5, 5.41) is 0. The lowest BCUT2D eigenvalue weighted by molar-refractivity contribution is 0.161. The van der Waals surface area contributed by atoms with Gasteiger partial charge in [-0.15, -0.1) is 0 Å². The molecule has 76 valence electrons. The first-order valence-corrected chi connectivity index (χ1v) is 5.82. The molecule has 2 rings (SSSR count). The van der Waals surface area contributed by atoms with E-state index in [1.165, 1.54) is 38.6 Å². The predicted octanol–water partition coefficient (Wildman–Crippen LogP) is 1.60. The van der Waals surface area contributed by atoms with Crippen LogP contribution in [-0.4, -0.2) is 30.1 Å². The number of nitrogens with zero attached hydrogens (tertiary/aromatic N) is 1. The normalized spacial score (nSPS) is 34.4. The summed E-state index contributed by atoms with van der Waals surface area (Å²) >= 11 is 0. The predicted molar refractivity (Wildman–Crippen MR) is 55.6 cm³/mol. The van der Waals surface area contributed by atoms with Gasteiger partial charge in [-0.2, -0.15) is 0 Å². The van der Waals surface area contributed by atoms with Gasteiger partial charge in [0.05, 0.1) is 0 Å². The molecule has 0 aromatic rings. The monoisotopic (exact) mass is 182 g/mol. The summed E-state index contributed by atoms with van der Waals surface area (Å²) in [5.74, 6) is 0.792. The number of rotatable bonds is 4. The van der Waals surface area contributed by atoms with E-state index < -0.39 is 0 Å². The van der Waals surface area contributed by atoms with Gasteiger partial charge in [0.25, 0.3) is 0 Å². The number of nitrogens with two attached hydrogens (primary N) is 1. The molecule has 0 aliphatic heterocycles. The van der Waals surface area contributed by atoms with E-state index in [-0.39, 0.29) is 0 Å². The van der Waals surface area contributed by atoms with Gasteiger partial charge in [0.15, 0.2) is 0 Å². The first kappa shape index (κ1) is 9.47. The largest absolute Gasteiger partial charge is 0.330 e. The van der Waals surface area contributed by atoms with E-state index in [2.05, 4.69) is 11.8 Å². The second-order valence-electron chi connectivity index (χ2n) is 4.56. The maximum atomic E-state index is 5.81. The van der Waals surface area contributed by atoms with Gasteiger partial charge >= 0.3 is 0 Å². The third kappa shape index (κ3) is 1.89. The molecular formula is C11H22N2. The van der Waals surface area contributed by atoms with Crippen molar-refractivity contribution in [3.8, 4) is 0 Å². The van der Waals surface area contributed by atoms with E-state index in [1.54, 1.807) is 0 Å². The van der Waals surface area contributed by atoms with Gasteiger partial charge in [-0.3, -0.25) is 4.90 Å². The highest BCUT2D eigenvalue weighted by molar-refractivity contribution is 4.93. The van der Waals surface area contributed by atoms with Crippen molar-refractivity contribution < 1.29 is 0 Å². The third-order valence-electron chi connectivity index (χ3n) is 3.73. The molecule has 2 atom stereocenters. The molecule has 0 aromatic carbocycles. The molecule has 0 spiro atoms. The SMILES string of the molecule is CCN(C1CC1)C1CCCC1CN. The topological polar surface area (TPSA) is 29.3 Å². The highest BCUT2D eigenvalue weighted by atomic mass is 15.2. The van der Waals surface area contributed by atoms with Crippen LogP contribution in [0.15, 0.2) is 0 Å². The maximum absolute atomic E-state index is 5.81. The van der Waals surface area contributed by atoms with Crippen molar-refractivity contribution in [1.29, 1.82) is 0 Å². The van der Waals surface area contributed by atoms with E-state index in [0.29, 0.717) is 0 Å². The van der Waals surface area contributed by atoms with Crippen molar-refractivity contribution in [2.45, 2.75) is 51.1 Å². The van der Waals surface area contributed by atoms with Crippen LogP contribution in [0.4, 0.5) is 0 Å². The highest BCUT2D eigenvalue weighted by Crippen LogP contribution is 2.36. The van der Waals surface area contributed by atoms with Crippen LogP contribution in [0, 0.1) is 5.92 Å². The Balaban J connectivity index is 1.95. The van der Waals surface area contributed by atoms with Gasteiger partial charge < -0.3 is 5.73 Å². The molecule has 0 amide bonds. The molecule has 2 aliphatic carbocycles. The van der Waals surface area contributed by atoms with Crippen molar-refractivity contribution in [1.82, 2.24) is 4.90 Å². The van der Waals surface area contributed by atoms with Crippen molar-refractivity contribution in [3.05, 3.63) is 0 Å². The number of hydrogen-bond donors (Lipinski definition) is 1. The van der Waals surface area contributed by atoms with Gasteiger partial charge in [0, 0.05) is 12.1 Å². The van der Waals surface area contributed by atoms with E-state index in [9.17, 15) is 0 Å². The van der Waals surface area contributed by atoms with Crippen LogP contribution < -0.4 is 5.73 Å². The molecule has 2 heteroatoms. The molecule has 0 saturated heterocycles. The second kappa shape index (κ2) is 3.97. The summed E-state index contributed by atoms with van der Waals surface area (Å²) in [7, 11) is 0. The smallest absolute Gasteiger partial charge is 0.0138 e. The summed E-state index contributed by atoms with van der Waals surface area (Å²) in [5.41, 5.74) is 5.81. The maximum Gasteiger partial charge on any atom is 0.0138 e.